The minimum Gasteiger partial charge on any atom is -0.388 e. The molecular weight excluding hydrogens is 210 g/mol. The van der Waals surface area contributed by atoms with Gasteiger partial charge in [0.25, 0.3) is 0 Å². The van der Waals surface area contributed by atoms with Crippen molar-refractivity contribution in [2.75, 3.05) is 6.54 Å². The molecule has 2 rings (SSSR count). The van der Waals surface area contributed by atoms with Crippen LogP contribution in [0.25, 0.3) is 0 Å². The van der Waals surface area contributed by atoms with Crippen LogP contribution in [0.5, 0.6) is 0 Å². The Morgan fingerprint density at radius 3 is 2.59 bits per heavy atom. The minimum atomic E-state index is -0.487. The van der Waals surface area contributed by atoms with Gasteiger partial charge in [0.2, 0.25) is 0 Å². The summed E-state index contributed by atoms with van der Waals surface area (Å²) in [5, 5.41) is 14.8. The highest BCUT2D eigenvalue weighted by molar-refractivity contribution is 5.05. The van der Waals surface area contributed by atoms with E-state index in [9.17, 15) is 5.11 Å². The van der Waals surface area contributed by atoms with Gasteiger partial charge in [-0.15, -0.1) is 0 Å². The molecule has 3 atom stereocenters. The van der Waals surface area contributed by atoms with Crippen LogP contribution in [0.4, 0.5) is 0 Å². The second-order valence-electron chi connectivity index (χ2n) is 6.82. The van der Waals surface area contributed by atoms with Crippen molar-refractivity contribution in [2.45, 2.75) is 77.4 Å². The zero-order valence-electron chi connectivity index (χ0n) is 11.8. The summed E-state index contributed by atoms with van der Waals surface area (Å²) in [7, 11) is 0. The summed E-state index contributed by atoms with van der Waals surface area (Å²) in [6, 6.07) is 0.316. The van der Waals surface area contributed by atoms with Gasteiger partial charge in [0.15, 0.2) is 0 Å². The van der Waals surface area contributed by atoms with E-state index in [1.807, 2.05) is 0 Å². The third-order valence-electron chi connectivity index (χ3n) is 5.45. The number of aliphatic hydroxyl groups is 1. The van der Waals surface area contributed by atoms with Crippen LogP contribution in [-0.2, 0) is 0 Å². The first-order valence-corrected chi connectivity index (χ1v) is 7.45. The number of hydrogen-bond donors (Lipinski definition) is 2. The van der Waals surface area contributed by atoms with Gasteiger partial charge in [0.1, 0.15) is 0 Å². The number of piperidine rings is 1. The van der Waals surface area contributed by atoms with E-state index in [2.05, 4.69) is 26.1 Å². The minimum absolute atomic E-state index is 0.0680. The van der Waals surface area contributed by atoms with Crippen LogP contribution >= 0.6 is 0 Å². The van der Waals surface area contributed by atoms with Crippen LogP contribution in [0.1, 0.15) is 65.7 Å². The van der Waals surface area contributed by atoms with Crippen molar-refractivity contribution in [2.24, 2.45) is 11.3 Å². The third kappa shape index (κ3) is 2.39. The third-order valence-corrected chi connectivity index (χ3v) is 5.45. The Morgan fingerprint density at radius 1 is 1.24 bits per heavy atom. The molecule has 1 heterocycles. The average molecular weight is 239 g/mol. The van der Waals surface area contributed by atoms with Gasteiger partial charge in [-0.1, -0.05) is 40.0 Å². The molecule has 1 aliphatic heterocycles. The van der Waals surface area contributed by atoms with E-state index >= 15 is 0 Å². The molecule has 0 amide bonds. The predicted molar refractivity (Wildman–Crippen MR) is 72.0 cm³/mol. The summed E-state index contributed by atoms with van der Waals surface area (Å²) in [4.78, 5) is 0. The smallest absolute Gasteiger partial charge is 0.0850 e. The van der Waals surface area contributed by atoms with Gasteiger partial charge in [0.05, 0.1) is 5.60 Å². The van der Waals surface area contributed by atoms with Gasteiger partial charge >= 0.3 is 0 Å². The summed E-state index contributed by atoms with van der Waals surface area (Å²) >= 11 is 0. The molecule has 0 aromatic rings. The van der Waals surface area contributed by atoms with E-state index in [-0.39, 0.29) is 5.41 Å². The molecular formula is C15H29NO. The fourth-order valence-corrected chi connectivity index (χ4v) is 3.89. The molecule has 2 N–H and O–H groups in total. The Morgan fingerprint density at radius 2 is 1.94 bits per heavy atom. The molecule has 2 heteroatoms. The monoisotopic (exact) mass is 239 g/mol. The second kappa shape index (κ2) is 4.89. The fourth-order valence-electron chi connectivity index (χ4n) is 3.89. The van der Waals surface area contributed by atoms with Crippen LogP contribution in [0.3, 0.4) is 0 Å². The predicted octanol–water partition coefficient (Wildman–Crippen LogP) is 3.10. The lowest BCUT2D eigenvalue weighted by atomic mass is 9.60. The first-order chi connectivity index (χ1) is 7.99. The molecule has 2 fully saturated rings. The Hall–Kier alpha value is -0.0800. The summed E-state index contributed by atoms with van der Waals surface area (Å²) in [5.41, 5.74) is -0.419. The highest BCUT2D eigenvalue weighted by Crippen LogP contribution is 2.47. The molecule has 17 heavy (non-hydrogen) atoms. The lowest BCUT2D eigenvalue weighted by Gasteiger charge is -2.53. The molecule has 2 aliphatic rings. The van der Waals surface area contributed by atoms with Gasteiger partial charge in [-0.2, -0.15) is 0 Å². The largest absolute Gasteiger partial charge is 0.388 e. The lowest BCUT2D eigenvalue weighted by Crippen LogP contribution is -2.62. The standard InChI is InChI=1S/C15H29NO/c1-4-12-7-10-16-13(11-12)15(17)9-6-5-8-14(15,2)3/h12-13,16-17H,4-11H2,1-3H3. The first-order valence-electron chi connectivity index (χ1n) is 7.45. The Labute approximate surface area is 106 Å². The number of rotatable bonds is 2. The molecule has 0 spiro atoms. The summed E-state index contributed by atoms with van der Waals surface area (Å²) in [6.07, 6.45) is 8.31. The van der Waals surface area contributed by atoms with Gasteiger partial charge in [-0.25, -0.2) is 0 Å². The zero-order chi connectivity index (χ0) is 12.5. The molecule has 0 radical (unpaired) electrons. The molecule has 0 aromatic carbocycles. The Balaban J connectivity index is 2.12. The SMILES string of the molecule is CCC1CCNC(C2(O)CCCCC2(C)C)C1. The van der Waals surface area contributed by atoms with Crippen molar-refractivity contribution in [3.8, 4) is 0 Å². The van der Waals surface area contributed by atoms with Crippen molar-refractivity contribution in [1.29, 1.82) is 0 Å². The summed E-state index contributed by atoms with van der Waals surface area (Å²) < 4.78 is 0. The fraction of sp³-hybridized carbons (Fsp3) is 1.00. The van der Waals surface area contributed by atoms with Gasteiger partial charge in [0, 0.05) is 6.04 Å². The molecule has 1 saturated heterocycles. The Bertz CT molecular complexity index is 264. The van der Waals surface area contributed by atoms with E-state index in [1.165, 1.54) is 32.1 Å². The second-order valence-corrected chi connectivity index (χ2v) is 6.82. The van der Waals surface area contributed by atoms with Gasteiger partial charge < -0.3 is 10.4 Å². The van der Waals surface area contributed by atoms with Gasteiger partial charge in [-0.3, -0.25) is 0 Å². The summed E-state index contributed by atoms with van der Waals surface area (Å²) in [5.74, 6) is 0.808. The quantitative estimate of drug-likeness (QED) is 0.776. The lowest BCUT2D eigenvalue weighted by molar-refractivity contribution is -0.129. The van der Waals surface area contributed by atoms with Crippen molar-refractivity contribution >= 4 is 0 Å². The van der Waals surface area contributed by atoms with Crippen LogP contribution in [0.15, 0.2) is 0 Å². The van der Waals surface area contributed by atoms with Crippen molar-refractivity contribution in [1.82, 2.24) is 5.32 Å². The van der Waals surface area contributed by atoms with E-state index < -0.39 is 5.60 Å². The van der Waals surface area contributed by atoms with Crippen LogP contribution in [0, 0.1) is 11.3 Å². The normalized spacial score (nSPS) is 42.4. The van der Waals surface area contributed by atoms with E-state index in [4.69, 9.17) is 0 Å². The van der Waals surface area contributed by atoms with Crippen molar-refractivity contribution in [3.63, 3.8) is 0 Å². The van der Waals surface area contributed by atoms with Crippen LogP contribution in [0.2, 0.25) is 0 Å². The van der Waals surface area contributed by atoms with E-state index in [1.54, 1.807) is 0 Å². The topological polar surface area (TPSA) is 32.3 Å². The molecule has 100 valence electrons. The molecule has 1 aliphatic carbocycles. The highest BCUT2D eigenvalue weighted by Gasteiger charge is 2.51. The number of hydrogen-bond acceptors (Lipinski definition) is 2. The maximum atomic E-state index is 11.2. The molecule has 2 nitrogen and oxygen atoms in total. The van der Waals surface area contributed by atoms with E-state index in [0.717, 1.165) is 25.3 Å². The maximum Gasteiger partial charge on any atom is 0.0850 e. The maximum absolute atomic E-state index is 11.2. The first kappa shape index (κ1) is 13.4. The summed E-state index contributed by atoms with van der Waals surface area (Å²) in [6.45, 7) is 7.87. The average Bonchev–Trinajstić information content (AvgIpc) is 2.33. The van der Waals surface area contributed by atoms with Crippen LogP contribution < -0.4 is 5.32 Å². The van der Waals surface area contributed by atoms with Crippen molar-refractivity contribution < 1.29 is 5.11 Å². The molecule has 1 saturated carbocycles. The molecule has 0 bridgehead atoms. The highest BCUT2D eigenvalue weighted by atomic mass is 16.3. The number of nitrogens with one attached hydrogen (secondary N) is 1. The van der Waals surface area contributed by atoms with Crippen molar-refractivity contribution in [3.05, 3.63) is 0 Å². The van der Waals surface area contributed by atoms with E-state index in [0.29, 0.717) is 6.04 Å². The Kier molecular flexibility index (Phi) is 3.84. The zero-order valence-corrected chi connectivity index (χ0v) is 11.8. The molecule has 0 aromatic heterocycles. The van der Waals surface area contributed by atoms with Gasteiger partial charge in [-0.05, 0) is 43.6 Å². The molecule has 3 unspecified atom stereocenters. The van der Waals surface area contributed by atoms with Crippen LogP contribution in [-0.4, -0.2) is 23.3 Å².